The van der Waals surface area contributed by atoms with Gasteiger partial charge in [0.15, 0.2) is 9.84 Å². The van der Waals surface area contributed by atoms with Crippen molar-refractivity contribution < 1.29 is 13.2 Å². The quantitative estimate of drug-likeness (QED) is 0.867. The monoisotopic (exact) mass is 376 g/mol. The van der Waals surface area contributed by atoms with Crippen LogP contribution in [0.3, 0.4) is 0 Å². The largest absolute Gasteiger partial charge is 0.334 e. The molecule has 1 aromatic carbocycles. The Morgan fingerprint density at radius 2 is 2.04 bits per heavy atom. The lowest BCUT2D eigenvalue weighted by atomic mass is 10.1. The second-order valence-corrected chi connectivity index (χ2v) is 8.78. The lowest BCUT2D eigenvalue weighted by molar-refractivity contribution is 0.192. The predicted octanol–water partition coefficient (Wildman–Crippen LogP) is 2.26. The van der Waals surface area contributed by atoms with Gasteiger partial charge in [-0.05, 0) is 30.5 Å². The highest BCUT2D eigenvalue weighted by atomic mass is 32.2. The molecule has 1 N–H and O–H groups in total. The second-order valence-electron chi connectivity index (χ2n) is 6.50. The molecule has 2 aromatic rings. The van der Waals surface area contributed by atoms with Gasteiger partial charge in [-0.25, -0.2) is 13.2 Å². The number of aryl methyl sites for hydroxylation is 1. The van der Waals surface area contributed by atoms with E-state index in [0.717, 1.165) is 30.5 Å². The molecule has 7 nitrogen and oxygen atoms in total. The molecule has 0 saturated carbocycles. The number of carbonyl (C=O) groups excluding carboxylic acids is 1. The van der Waals surface area contributed by atoms with Gasteiger partial charge in [-0.3, -0.25) is 4.68 Å². The van der Waals surface area contributed by atoms with Gasteiger partial charge in [-0.1, -0.05) is 19.1 Å². The number of rotatable bonds is 5. The highest BCUT2D eigenvalue weighted by Crippen LogP contribution is 2.31. The van der Waals surface area contributed by atoms with E-state index in [2.05, 4.69) is 10.4 Å². The molecule has 1 fully saturated rings. The van der Waals surface area contributed by atoms with Gasteiger partial charge in [0.05, 0.1) is 22.9 Å². The van der Waals surface area contributed by atoms with Gasteiger partial charge >= 0.3 is 6.03 Å². The van der Waals surface area contributed by atoms with Crippen LogP contribution < -0.4 is 5.32 Å². The first-order valence-corrected chi connectivity index (χ1v) is 10.4. The summed E-state index contributed by atoms with van der Waals surface area (Å²) in [6.45, 7) is 2.71. The van der Waals surface area contributed by atoms with Crippen LogP contribution in [0.1, 0.15) is 36.9 Å². The Morgan fingerprint density at radius 1 is 1.31 bits per heavy atom. The van der Waals surface area contributed by atoms with Gasteiger partial charge in [0.2, 0.25) is 0 Å². The maximum Gasteiger partial charge on any atom is 0.318 e. The third kappa shape index (κ3) is 3.90. The molecule has 1 aromatic heterocycles. The van der Waals surface area contributed by atoms with E-state index < -0.39 is 9.84 Å². The summed E-state index contributed by atoms with van der Waals surface area (Å²) >= 11 is 0. The number of urea groups is 1. The second kappa shape index (κ2) is 7.49. The molecule has 0 bridgehead atoms. The van der Waals surface area contributed by atoms with Crippen molar-refractivity contribution in [2.45, 2.75) is 37.2 Å². The SMILES string of the molecule is CCS(=O)(=O)c1ccc(CNC(=O)N2CCCC2c2cnn(C)c2)cc1. The first kappa shape index (κ1) is 18.4. The summed E-state index contributed by atoms with van der Waals surface area (Å²) < 4.78 is 25.4. The summed E-state index contributed by atoms with van der Waals surface area (Å²) in [7, 11) is -1.33. The maximum atomic E-state index is 12.6. The minimum atomic E-state index is -3.20. The van der Waals surface area contributed by atoms with Crippen molar-refractivity contribution in [1.29, 1.82) is 0 Å². The average Bonchev–Trinajstić information content (AvgIpc) is 3.28. The Bertz CT molecular complexity index is 874. The topological polar surface area (TPSA) is 84.3 Å². The van der Waals surface area contributed by atoms with Gasteiger partial charge in [-0.2, -0.15) is 5.10 Å². The number of nitrogens with one attached hydrogen (secondary N) is 1. The molecule has 8 heteroatoms. The molecule has 1 aliphatic heterocycles. The molecule has 0 spiro atoms. The van der Waals surface area contributed by atoms with Crippen molar-refractivity contribution >= 4 is 15.9 Å². The van der Waals surface area contributed by atoms with Crippen LogP contribution in [0.25, 0.3) is 0 Å². The summed E-state index contributed by atoms with van der Waals surface area (Å²) in [5.41, 5.74) is 1.92. The van der Waals surface area contributed by atoms with E-state index in [1.807, 2.05) is 24.3 Å². The van der Waals surface area contributed by atoms with Crippen LogP contribution >= 0.6 is 0 Å². The number of hydrogen-bond donors (Lipinski definition) is 1. The molecule has 0 aliphatic carbocycles. The maximum absolute atomic E-state index is 12.6. The first-order valence-electron chi connectivity index (χ1n) is 8.75. The molecule has 1 atom stereocenters. The highest BCUT2D eigenvalue weighted by molar-refractivity contribution is 7.91. The minimum absolute atomic E-state index is 0.0563. The number of benzene rings is 1. The molecule has 2 heterocycles. The summed E-state index contributed by atoms with van der Waals surface area (Å²) in [4.78, 5) is 14.7. The van der Waals surface area contributed by atoms with Gasteiger partial charge in [0.1, 0.15) is 0 Å². The van der Waals surface area contributed by atoms with E-state index in [4.69, 9.17) is 0 Å². The fourth-order valence-corrected chi connectivity index (χ4v) is 4.11. The van der Waals surface area contributed by atoms with E-state index in [9.17, 15) is 13.2 Å². The van der Waals surface area contributed by atoms with Crippen LogP contribution in [0, 0.1) is 0 Å². The Morgan fingerprint density at radius 3 is 2.65 bits per heavy atom. The van der Waals surface area contributed by atoms with Crippen molar-refractivity contribution in [2.24, 2.45) is 7.05 Å². The van der Waals surface area contributed by atoms with Crippen molar-refractivity contribution in [3.05, 3.63) is 47.8 Å². The number of hydrogen-bond acceptors (Lipinski definition) is 4. The molecule has 2 amide bonds. The van der Waals surface area contributed by atoms with Crippen LogP contribution in [0.2, 0.25) is 0 Å². The van der Waals surface area contributed by atoms with Crippen LogP contribution in [0.5, 0.6) is 0 Å². The van der Waals surface area contributed by atoms with Gasteiger partial charge in [0.25, 0.3) is 0 Å². The van der Waals surface area contributed by atoms with Crippen molar-refractivity contribution in [3.8, 4) is 0 Å². The standard InChI is InChI=1S/C18H24N4O3S/c1-3-26(24,25)16-8-6-14(7-9-16)11-19-18(23)22-10-4-5-17(22)15-12-20-21(2)13-15/h6-9,12-13,17H,3-5,10-11H2,1-2H3,(H,19,23). The zero-order chi connectivity index (χ0) is 18.7. The molecule has 1 aliphatic rings. The number of carbonyl (C=O) groups is 1. The van der Waals surface area contributed by atoms with E-state index in [-0.39, 0.29) is 17.8 Å². The highest BCUT2D eigenvalue weighted by Gasteiger charge is 2.30. The molecule has 1 unspecified atom stereocenters. The molecular formula is C18H24N4O3S. The smallest absolute Gasteiger partial charge is 0.318 e. The number of amides is 2. The van der Waals surface area contributed by atoms with E-state index in [1.54, 1.807) is 35.9 Å². The molecule has 26 heavy (non-hydrogen) atoms. The Kier molecular flexibility index (Phi) is 5.31. The van der Waals surface area contributed by atoms with E-state index in [0.29, 0.717) is 11.4 Å². The third-order valence-electron chi connectivity index (χ3n) is 4.73. The fraction of sp³-hybridized carbons (Fsp3) is 0.444. The first-order chi connectivity index (χ1) is 12.4. The number of nitrogens with zero attached hydrogens (tertiary/aromatic N) is 3. The van der Waals surface area contributed by atoms with Crippen LogP contribution in [-0.4, -0.2) is 41.4 Å². The Hall–Kier alpha value is -2.35. The van der Waals surface area contributed by atoms with Gasteiger partial charge in [0, 0.05) is 31.9 Å². The molecule has 3 rings (SSSR count). The van der Waals surface area contributed by atoms with Crippen LogP contribution in [-0.2, 0) is 23.4 Å². The molecular weight excluding hydrogens is 352 g/mol. The molecule has 0 radical (unpaired) electrons. The van der Waals surface area contributed by atoms with Gasteiger partial charge < -0.3 is 10.2 Å². The van der Waals surface area contributed by atoms with E-state index in [1.165, 1.54) is 0 Å². The Labute approximate surface area is 153 Å². The normalized spacial score (nSPS) is 17.5. The molecule has 1 saturated heterocycles. The average molecular weight is 376 g/mol. The summed E-state index contributed by atoms with van der Waals surface area (Å²) in [5.74, 6) is 0.0772. The van der Waals surface area contributed by atoms with E-state index >= 15 is 0 Å². The number of aromatic nitrogens is 2. The number of likely N-dealkylation sites (tertiary alicyclic amines) is 1. The lowest BCUT2D eigenvalue weighted by Crippen LogP contribution is -2.39. The number of sulfone groups is 1. The fourth-order valence-electron chi connectivity index (χ4n) is 3.23. The summed E-state index contributed by atoms with van der Waals surface area (Å²) in [6.07, 6.45) is 5.66. The third-order valence-corrected chi connectivity index (χ3v) is 6.48. The predicted molar refractivity (Wildman–Crippen MR) is 98.3 cm³/mol. The van der Waals surface area contributed by atoms with Crippen molar-refractivity contribution in [3.63, 3.8) is 0 Å². The van der Waals surface area contributed by atoms with Gasteiger partial charge in [-0.15, -0.1) is 0 Å². The summed E-state index contributed by atoms with van der Waals surface area (Å²) in [6, 6.07) is 6.61. The Balaban J connectivity index is 1.61. The zero-order valence-electron chi connectivity index (χ0n) is 15.1. The van der Waals surface area contributed by atoms with Crippen LogP contribution in [0.4, 0.5) is 4.79 Å². The molecule has 140 valence electrons. The van der Waals surface area contributed by atoms with Crippen LogP contribution in [0.15, 0.2) is 41.6 Å². The summed E-state index contributed by atoms with van der Waals surface area (Å²) in [5, 5.41) is 7.12. The van der Waals surface area contributed by atoms with Crippen molar-refractivity contribution in [1.82, 2.24) is 20.0 Å². The minimum Gasteiger partial charge on any atom is -0.334 e. The van der Waals surface area contributed by atoms with Crippen molar-refractivity contribution in [2.75, 3.05) is 12.3 Å². The zero-order valence-corrected chi connectivity index (χ0v) is 15.9. The lowest BCUT2D eigenvalue weighted by Gasteiger charge is -2.24.